The summed E-state index contributed by atoms with van der Waals surface area (Å²) in [4.78, 5) is 4.28. The van der Waals surface area contributed by atoms with Gasteiger partial charge in [0.1, 0.15) is 5.69 Å². The van der Waals surface area contributed by atoms with Crippen molar-refractivity contribution in [2.24, 2.45) is 12.2 Å². The van der Waals surface area contributed by atoms with Crippen LogP contribution >= 0.6 is 0 Å². The zero-order chi connectivity index (χ0) is 18.9. The molecule has 0 atom stereocenters. The number of aromatic nitrogens is 4. The Balaban J connectivity index is 2.02. The molecule has 2 N–H and O–H groups in total. The fraction of sp³-hybridized carbons (Fsp3) is 0.267. The van der Waals surface area contributed by atoms with Gasteiger partial charge in [0.2, 0.25) is 22.1 Å². The van der Waals surface area contributed by atoms with Crippen LogP contribution < -0.4 is 5.14 Å². The summed E-state index contributed by atoms with van der Waals surface area (Å²) in [5, 5.41) is 13.2. The number of sulfonamides is 1. The monoisotopic (exact) mass is 379 g/mol. The van der Waals surface area contributed by atoms with Crippen molar-refractivity contribution in [2.45, 2.75) is 11.2 Å². The predicted octanol–water partition coefficient (Wildman–Crippen LogP) is 1.08. The smallest absolute Gasteiger partial charge is 0.261 e. The van der Waals surface area contributed by atoms with E-state index in [1.54, 1.807) is 30.1 Å². The Morgan fingerprint density at radius 1 is 1.27 bits per heavy atom. The van der Waals surface area contributed by atoms with Crippen LogP contribution in [-0.4, -0.2) is 42.6 Å². The molecule has 0 fully saturated rings. The van der Waals surface area contributed by atoms with Gasteiger partial charge in [-0.25, -0.2) is 13.6 Å². The molecule has 0 aliphatic heterocycles. The second-order valence-corrected chi connectivity index (χ2v) is 6.93. The zero-order valence-corrected chi connectivity index (χ0v) is 15.1. The normalized spacial score (nSPS) is 12.0. The van der Waals surface area contributed by atoms with E-state index in [1.165, 1.54) is 26.4 Å². The lowest BCUT2D eigenvalue weighted by atomic mass is 10.2. The molecule has 0 bridgehead atoms. The van der Waals surface area contributed by atoms with Gasteiger partial charge in [0.25, 0.3) is 5.89 Å². The van der Waals surface area contributed by atoms with Gasteiger partial charge in [0.05, 0.1) is 16.7 Å². The van der Waals surface area contributed by atoms with Crippen LogP contribution in [0.3, 0.4) is 0 Å². The van der Waals surface area contributed by atoms with Crippen molar-refractivity contribution in [2.75, 3.05) is 14.2 Å². The van der Waals surface area contributed by atoms with E-state index in [0.717, 1.165) is 0 Å². The van der Waals surface area contributed by atoms with Crippen LogP contribution in [0, 0.1) is 0 Å². The quantitative estimate of drug-likeness (QED) is 0.628. The lowest BCUT2D eigenvalue weighted by Crippen LogP contribution is -2.12. The highest BCUT2D eigenvalue weighted by atomic mass is 32.2. The number of methoxy groups -OCH3 is 2. The summed E-state index contributed by atoms with van der Waals surface area (Å²) in [6, 6.07) is 5.97. The lowest BCUT2D eigenvalue weighted by Gasteiger charge is -2.14. The molecule has 26 heavy (non-hydrogen) atoms. The average Bonchev–Trinajstić information content (AvgIpc) is 3.23. The van der Waals surface area contributed by atoms with Crippen LogP contribution in [0.5, 0.6) is 0 Å². The van der Waals surface area contributed by atoms with Gasteiger partial charge in [-0.15, -0.1) is 0 Å². The van der Waals surface area contributed by atoms with Gasteiger partial charge in [-0.3, -0.25) is 4.68 Å². The first-order valence-corrected chi connectivity index (χ1v) is 8.94. The fourth-order valence-electron chi connectivity index (χ4n) is 2.47. The Labute approximate surface area is 149 Å². The van der Waals surface area contributed by atoms with Crippen molar-refractivity contribution in [3.8, 4) is 22.8 Å². The van der Waals surface area contributed by atoms with E-state index in [0.29, 0.717) is 16.8 Å². The Morgan fingerprint density at radius 2 is 2.00 bits per heavy atom. The molecule has 0 unspecified atom stereocenters. The first-order valence-electron chi connectivity index (χ1n) is 7.40. The molecule has 11 heteroatoms. The van der Waals surface area contributed by atoms with Crippen molar-refractivity contribution < 1.29 is 22.4 Å². The summed E-state index contributed by atoms with van der Waals surface area (Å²) < 4.78 is 40.5. The molecule has 138 valence electrons. The summed E-state index contributed by atoms with van der Waals surface area (Å²) in [6.07, 6.45) is 0.886. The predicted molar refractivity (Wildman–Crippen MR) is 90.1 cm³/mol. The molecule has 0 saturated carbocycles. The minimum atomic E-state index is -3.83. The number of aryl methyl sites for hydroxylation is 1. The van der Waals surface area contributed by atoms with E-state index in [9.17, 15) is 8.42 Å². The molecule has 0 radical (unpaired) electrons. The van der Waals surface area contributed by atoms with Crippen molar-refractivity contribution in [1.82, 2.24) is 19.9 Å². The van der Waals surface area contributed by atoms with Gasteiger partial charge in [-0.1, -0.05) is 17.3 Å². The third-order valence-corrected chi connectivity index (χ3v) is 4.62. The van der Waals surface area contributed by atoms with Gasteiger partial charge in [0, 0.05) is 26.8 Å². The van der Waals surface area contributed by atoms with Crippen LogP contribution in [0.2, 0.25) is 0 Å². The first-order chi connectivity index (χ1) is 12.3. The van der Waals surface area contributed by atoms with Crippen molar-refractivity contribution in [3.05, 3.63) is 36.2 Å². The van der Waals surface area contributed by atoms with Crippen LogP contribution in [0.4, 0.5) is 0 Å². The molecule has 0 aliphatic carbocycles. The van der Waals surface area contributed by atoms with Crippen LogP contribution in [0.25, 0.3) is 22.8 Å². The summed E-state index contributed by atoms with van der Waals surface area (Å²) in [5.41, 5.74) is 1.60. The van der Waals surface area contributed by atoms with Crippen LogP contribution in [0.1, 0.15) is 12.0 Å². The molecular weight excluding hydrogens is 362 g/mol. The van der Waals surface area contributed by atoms with Crippen molar-refractivity contribution in [3.63, 3.8) is 0 Å². The molecule has 0 spiro atoms. The van der Waals surface area contributed by atoms with Gasteiger partial charge in [-0.05, 0) is 12.1 Å². The topological polar surface area (TPSA) is 135 Å². The molecule has 2 aromatic heterocycles. The number of nitrogens with zero attached hydrogens (tertiary/aromatic N) is 4. The third kappa shape index (κ3) is 3.37. The first kappa shape index (κ1) is 18.2. The van der Waals surface area contributed by atoms with Gasteiger partial charge < -0.3 is 14.0 Å². The largest absolute Gasteiger partial charge is 0.350 e. The number of rotatable bonds is 6. The Bertz CT molecular complexity index is 1020. The van der Waals surface area contributed by atoms with E-state index in [1.807, 2.05) is 0 Å². The Morgan fingerprint density at radius 3 is 2.65 bits per heavy atom. The summed E-state index contributed by atoms with van der Waals surface area (Å²) in [6.45, 7) is 0. The maximum absolute atomic E-state index is 11.5. The highest BCUT2D eigenvalue weighted by molar-refractivity contribution is 7.89. The van der Waals surface area contributed by atoms with E-state index < -0.39 is 16.3 Å². The summed E-state index contributed by atoms with van der Waals surface area (Å²) in [7, 11) is 0.906. The minimum absolute atomic E-state index is 0.0396. The molecular formula is C15H17N5O5S. The number of primary sulfonamides is 1. The number of nitrogens with two attached hydrogens (primary N) is 1. The molecule has 2 heterocycles. The minimum Gasteiger partial charge on any atom is -0.350 e. The van der Waals surface area contributed by atoms with E-state index in [-0.39, 0.29) is 16.6 Å². The number of hydrogen-bond donors (Lipinski definition) is 1. The van der Waals surface area contributed by atoms with Crippen LogP contribution in [-0.2, 0) is 26.5 Å². The van der Waals surface area contributed by atoms with Gasteiger partial charge in [0.15, 0.2) is 0 Å². The highest BCUT2D eigenvalue weighted by Gasteiger charge is 2.24. The van der Waals surface area contributed by atoms with Crippen LogP contribution in [0.15, 0.2) is 39.9 Å². The van der Waals surface area contributed by atoms with E-state index >= 15 is 0 Å². The highest BCUT2D eigenvalue weighted by Crippen LogP contribution is 2.30. The molecule has 0 amide bonds. The van der Waals surface area contributed by atoms with E-state index in [2.05, 4.69) is 15.2 Å². The average molecular weight is 379 g/mol. The SMILES string of the molecule is COC(OC)c1c(-c2nc(-c3cccc(S(N)(=O)=O)c3)no2)cnn1C. The molecule has 10 nitrogen and oxygen atoms in total. The molecule has 0 saturated heterocycles. The lowest BCUT2D eigenvalue weighted by molar-refractivity contribution is -0.110. The summed E-state index contributed by atoms with van der Waals surface area (Å²) >= 11 is 0. The third-order valence-electron chi connectivity index (χ3n) is 3.71. The zero-order valence-electron chi connectivity index (χ0n) is 14.3. The van der Waals surface area contributed by atoms with Crippen molar-refractivity contribution >= 4 is 10.0 Å². The second-order valence-electron chi connectivity index (χ2n) is 5.37. The molecule has 3 aromatic rings. The number of ether oxygens (including phenoxy) is 2. The van der Waals surface area contributed by atoms with E-state index in [4.69, 9.17) is 19.1 Å². The maximum Gasteiger partial charge on any atom is 0.261 e. The standard InChI is InChI=1S/C15H17N5O5S/c1-20-12(15(23-2)24-3)11(8-17-20)14-18-13(19-25-14)9-5-4-6-10(7-9)26(16,21)22/h4-8,15H,1-3H3,(H2,16,21,22). The van der Waals surface area contributed by atoms with Gasteiger partial charge in [-0.2, -0.15) is 10.1 Å². The van der Waals surface area contributed by atoms with Gasteiger partial charge >= 0.3 is 0 Å². The Hall–Kier alpha value is -2.60. The maximum atomic E-state index is 11.5. The number of hydrogen-bond acceptors (Lipinski definition) is 8. The second kappa shape index (κ2) is 6.96. The molecule has 3 rings (SSSR count). The molecule has 0 aliphatic rings. The fourth-order valence-corrected chi connectivity index (χ4v) is 3.03. The van der Waals surface area contributed by atoms with Crippen molar-refractivity contribution in [1.29, 1.82) is 0 Å². The molecule has 1 aromatic carbocycles. The Kier molecular flexibility index (Phi) is 4.87. The number of benzene rings is 1. The summed E-state index contributed by atoms with van der Waals surface area (Å²) in [5.74, 6) is 0.412.